The summed E-state index contributed by atoms with van der Waals surface area (Å²) in [7, 11) is 0. The van der Waals surface area contributed by atoms with Gasteiger partial charge in [0.2, 0.25) is 0 Å². The molecule has 0 bridgehead atoms. The summed E-state index contributed by atoms with van der Waals surface area (Å²) in [5.74, 6) is 0.753. The van der Waals surface area contributed by atoms with Gasteiger partial charge in [0.05, 0.1) is 5.36 Å². The van der Waals surface area contributed by atoms with Crippen molar-refractivity contribution in [2.24, 2.45) is 4.99 Å². The Hall–Kier alpha value is -2.41. The second kappa shape index (κ2) is 8.08. The molecule has 0 atom stereocenters. The Kier molecular flexibility index (Phi) is 5.79. The molecule has 138 valence electrons. The van der Waals surface area contributed by atoms with E-state index in [1.807, 2.05) is 49.4 Å². The second-order valence-electron chi connectivity index (χ2n) is 6.42. The Morgan fingerprint density at radius 2 is 1.81 bits per heavy atom. The molecule has 1 aliphatic heterocycles. The number of halogens is 1. The van der Waals surface area contributed by atoms with E-state index in [-0.39, 0.29) is 24.0 Å². The lowest BCUT2D eigenvalue weighted by atomic mass is 10.1. The molecule has 5 heteroatoms. The van der Waals surface area contributed by atoms with Gasteiger partial charge in [-0.2, -0.15) is 0 Å². The second-order valence-corrected chi connectivity index (χ2v) is 6.42. The standard InChI is InChI=1S/C22H21N3O.HI/c1-4-23-19-13-22-20(11-15(19)3)25-18-10-9-16(12-21(18)26-22)24-17-8-6-5-7-14(17)2;/h5-13,24H,4H2,1-3H3;1H. The number of hydrogen-bond acceptors (Lipinski definition) is 4. The van der Waals surface area contributed by atoms with E-state index in [0.29, 0.717) is 0 Å². The normalized spacial score (nSPS) is 11.6. The van der Waals surface area contributed by atoms with Crippen LogP contribution in [0.2, 0.25) is 0 Å². The van der Waals surface area contributed by atoms with Gasteiger partial charge in [-0.3, -0.25) is 4.99 Å². The molecular weight excluding hydrogens is 449 g/mol. The first-order valence-electron chi connectivity index (χ1n) is 8.82. The first-order chi connectivity index (χ1) is 12.6. The number of aryl methyl sites for hydroxylation is 2. The van der Waals surface area contributed by atoms with Crippen molar-refractivity contribution in [2.45, 2.75) is 20.8 Å². The van der Waals surface area contributed by atoms with Crippen LogP contribution < -0.4 is 10.7 Å². The number of hydrogen-bond donors (Lipinski definition) is 1. The van der Waals surface area contributed by atoms with E-state index in [0.717, 1.165) is 51.4 Å². The van der Waals surface area contributed by atoms with Crippen LogP contribution in [0, 0.1) is 13.8 Å². The molecular formula is C22H22IN3O. The molecule has 0 amide bonds. The molecule has 0 saturated carbocycles. The minimum Gasteiger partial charge on any atom is -0.453 e. The molecule has 0 radical (unpaired) electrons. The highest BCUT2D eigenvalue weighted by Gasteiger charge is 2.11. The minimum atomic E-state index is 0. The first kappa shape index (κ1) is 19.4. The van der Waals surface area contributed by atoms with Crippen molar-refractivity contribution in [3.63, 3.8) is 0 Å². The zero-order chi connectivity index (χ0) is 18.1. The van der Waals surface area contributed by atoms with Crippen LogP contribution in [-0.4, -0.2) is 11.5 Å². The number of fused-ring (bicyclic) bond motifs is 2. The number of benzene rings is 3. The predicted molar refractivity (Wildman–Crippen MR) is 121 cm³/mol. The molecule has 4 rings (SSSR count). The fraction of sp³-hybridized carbons (Fsp3) is 0.182. The number of nitrogens with one attached hydrogen (secondary N) is 1. The number of aromatic nitrogens is 1. The minimum absolute atomic E-state index is 0. The summed E-state index contributed by atoms with van der Waals surface area (Å²) >= 11 is 0. The van der Waals surface area contributed by atoms with Crippen LogP contribution in [-0.2, 0) is 0 Å². The summed E-state index contributed by atoms with van der Waals surface area (Å²) in [4.78, 5) is 9.26. The Balaban J connectivity index is 0.00000210. The summed E-state index contributed by atoms with van der Waals surface area (Å²) < 4.78 is 6.13. The maximum atomic E-state index is 6.13. The highest BCUT2D eigenvalue weighted by Crippen LogP contribution is 2.28. The zero-order valence-electron chi connectivity index (χ0n) is 15.6. The molecule has 0 saturated heterocycles. The SMILES string of the molecule is CCN=c1cc2oc3cc(Nc4ccccc4C)ccc3nc-2cc1C.I. The predicted octanol–water partition coefficient (Wildman–Crippen LogP) is 5.83. The van der Waals surface area contributed by atoms with Crippen LogP contribution in [0.25, 0.3) is 22.6 Å². The largest absolute Gasteiger partial charge is 0.453 e. The topological polar surface area (TPSA) is 50.4 Å². The van der Waals surface area contributed by atoms with E-state index < -0.39 is 0 Å². The van der Waals surface area contributed by atoms with Crippen molar-refractivity contribution < 1.29 is 4.42 Å². The fourth-order valence-corrected chi connectivity index (χ4v) is 3.05. The summed E-state index contributed by atoms with van der Waals surface area (Å²) in [6.45, 7) is 6.92. The van der Waals surface area contributed by atoms with Crippen LogP contribution in [0.4, 0.5) is 11.4 Å². The van der Waals surface area contributed by atoms with E-state index >= 15 is 0 Å². The Morgan fingerprint density at radius 1 is 1.00 bits per heavy atom. The lowest BCUT2D eigenvalue weighted by molar-refractivity contribution is 0.612. The number of rotatable bonds is 3. The smallest absolute Gasteiger partial charge is 0.155 e. The highest BCUT2D eigenvalue weighted by atomic mass is 127. The Bertz CT molecular complexity index is 1130. The van der Waals surface area contributed by atoms with Crippen molar-refractivity contribution in [3.8, 4) is 11.5 Å². The molecule has 27 heavy (non-hydrogen) atoms. The molecule has 1 N–H and O–H groups in total. The highest BCUT2D eigenvalue weighted by molar-refractivity contribution is 14.0. The lowest BCUT2D eigenvalue weighted by Crippen LogP contribution is -2.08. The van der Waals surface area contributed by atoms with Crippen molar-refractivity contribution in [3.05, 3.63) is 71.1 Å². The summed E-state index contributed by atoms with van der Waals surface area (Å²) in [6, 6.07) is 18.2. The van der Waals surface area contributed by atoms with Gasteiger partial charge in [-0.25, -0.2) is 4.98 Å². The van der Waals surface area contributed by atoms with Gasteiger partial charge in [0.25, 0.3) is 0 Å². The molecule has 0 fully saturated rings. The third-order valence-corrected chi connectivity index (χ3v) is 4.45. The van der Waals surface area contributed by atoms with Gasteiger partial charge in [-0.15, -0.1) is 24.0 Å². The molecule has 0 aromatic heterocycles. The molecule has 2 aromatic rings. The van der Waals surface area contributed by atoms with Crippen LogP contribution in [0.1, 0.15) is 18.1 Å². The Morgan fingerprint density at radius 3 is 2.59 bits per heavy atom. The number of nitrogens with zero attached hydrogens (tertiary/aromatic N) is 2. The van der Waals surface area contributed by atoms with Gasteiger partial charge < -0.3 is 9.73 Å². The van der Waals surface area contributed by atoms with Gasteiger partial charge in [0.15, 0.2) is 11.3 Å². The van der Waals surface area contributed by atoms with Gasteiger partial charge in [0, 0.05) is 30.1 Å². The molecule has 0 unspecified atom stereocenters. The number of anilines is 2. The van der Waals surface area contributed by atoms with Crippen LogP contribution in [0.5, 0.6) is 0 Å². The van der Waals surface area contributed by atoms with E-state index in [1.165, 1.54) is 5.56 Å². The average Bonchev–Trinajstić information content (AvgIpc) is 2.63. The molecule has 1 aliphatic carbocycles. The van der Waals surface area contributed by atoms with E-state index in [4.69, 9.17) is 9.40 Å². The first-order valence-corrected chi connectivity index (χ1v) is 8.82. The average molecular weight is 471 g/mol. The maximum absolute atomic E-state index is 6.13. The molecule has 4 nitrogen and oxygen atoms in total. The van der Waals surface area contributed by atoms with Crippen LogP contribution >= 0.6 is 24.0 Å². The maximum Gasteiger partial charge on any atom is 0.155 e. The van der Waals surface area contributed by atoms with E-state index in [1.54, 1.807) is 0 Å². The van der Waals surface area contributed by atoms with Gasteiger partial charge in [-0.1, -0.05) is 18.2 Å². The number of para-hydroxylation sites is 1. The third kappa shape index (κ3) is 3.98. The molecule has 2 aromatic carbocycles. The van der Waals surface area contributed by atoms with Crippen molar-refractivity contribution in [1.82, 2.24) is 4.98 Å². The fourth-order valence-electron chi connectivity index (χ4n) is 3.05. The third-order valence-electron chi connectivity index (χ3n) is 4.45. The molecule has 2 aliphatic rings. The monoisotopic (exact) mass is 471 g/mol. The van der Waals surface area contributed by atoms with Gasteiger partial charge in [0.1, 0.15) is 11.2 Å². The summed E-state index contributed by atoms with van der Waals surface area (Å²) in [5, 5.41) is 4.40. The van der Waals surface area contributed by atoms with Crippen LogP contribution in [0.15, 0.2) is 64.0 Å². The quantitative estimate of drug-likeness (QED) is 0.302. The van der Waals surface area contributed by atoms with E-state index in [2.05, 4.69) is 36.3 Å². The zero-order valence-corrected chi connectivity index (χ0v) is 17.9. The molecule has 1 heterocycles. The van der Waals surface area contributed by atoms with E-state index in [9.17, 15) is 0 Å². The van der Waals surface area contributed by atoms with Crippen LogP contribution in [0.3, 0.4) is 0 Å². The lowest BCUT2D eigenvalue weighted by Gasteiger charge is -2.11. The Labute approximate surface area is 175 Å². The van der Waals surface area contributed by atoms with Gasteiger partial charge >= 0.3 is 0 Å². The summed E-state index contributed by atoms with van der Waals surface area (Å²) in [5.41, 5.74) is 6.81. The van der Waals surface area contributed by atoms with Gasteiger partial charge in [-0.05, 0) is 56.2 Å². The van der Waals surface area contributed by atoms with Crippen molar-refractivity contribution in [2.75, 3.05) is 11.9 Å². The molecule has 0 spiro atoms. The summed E-state index contributed by atoms with van der Waals surface area (Å²) in [6.07, 6.45) is 0. The van der Waals surface area contributed by atoms with Crippen molar-refractivity contribution >= 4 is 46.5 Å². The van der Waals surface area contributed by atoms with Crippen molar-refractivity contribution in [1.29, 1.82) is 0 Å².